The van der Waals surface area contributed by atoms with Gasteiger partial charge in [-0.3, -0.25) is 4.79 Å². The van der Waals surface area contributed by atoms with Gasteiger partial charge in [-0.1, -0.05) is 11.6 Å². The fourth-order valence-corrected chi connectivity index (χ4v) is 5.35. The van der Waals surface area contributed by atoms with Crippen LogP contribution in [0.5, 0.6) is 0 Å². The first-order valence-corrected chi connectivity index (χ1v) is 11.9. The molecule has 0 saturated carbocycles. The van der Waals surface area contributed by atoms with Gasteiger partial charge in [-0.05, 0) is 42.5 Å². The lowest BCUT2D eigenvalue weighted by Crippen LogP contribution is -2.35. The van der Waals surface area contributed by atoms with Crippen LogP contribution in [0.25, 0.3) is 16.7 Å². The summed E-state index contributed by atoms with van der Waals surface area (Å²) in [5.41, 5.74) is -3.16. The fraction of sp³-hybridized carbons (Fsp3) is 0.0526. The van der Waals surface area contributed by atoms with Gasteiger partial charge in [-0.15, -0.1) is 11.3 Å². The summed E-state index contributed by atoms with van der Waals surface area (Å²) in [6.07, 6.45) is -3.68. The molecule has 0 unspecified atom stereocenters. The maximum atomic E-state index is 13.0. The molecule has 0 saturated heterocycles. The number of carbonyl (C=O) groups excluding carboxylic acids is 1. The Balaban J connectivity index is 1.60. The highest BCUT2D eigenvalue weighted by Gasteiger charge is 2.31. The molecule has 0 fully saturated rings. The molecule has 3 heterocycles. The Labute approximate surface area is 202 Å². The second kappa shape index (κ2) is 8.83. The molecule has 35 heavy (non-hydrogen) atoms. The van der Waals surface area contributed by atoms with Crippen LogP contribution in [0.1, 0.15) is 5.56 Å². The van der Waals surface area contributed by atoms with E-state index >= 15 is 0 Å². The summed E-state index contributed by atoms with van der Waals surface area (Å²) >= 11 is 6.44. The number of nitrogens with one attached hydrogen (secondary N) is 3. The number of urea groups is 1. The lowest BCUT2D eigenvalue weighted by Gasteiger charge is -2.10. The molecule has 3 N–H and O–H groups in total. The number of H-pyrrole nitrogens is 1. The van der Waals surface area contributed by atoms with Gasteiger partial charge in [0.25, 0.3) is 15.6 Å². The molecule has 3 aromatic heterocycles. The van der Waals surface area contributed by atoms with Crippen LogP contribution in [0, 0.1) is 0 Å². The van der Waals surface area contributed by atoms with E-state index in [1.807, 2.05) is 0 Å². The van der Waals surface area contributed by atoms with E-state index < -0.39 is 39.0 Å². The molecule has 0 spiro atoms. The number of sulfonamides is 1. The molecule has 4 rings (SSSR count). The number of carbonyl (C=O) groups is 1. The van der Waals surface area contributed by atoms with Crippen LogP contribution < -0.4 is 21.3 Å². The van der Waals surface area contributed by atoms with Gasteiger partial charge in [0.2, 0.25) is 0 Å². The SMILES string of the molecule is O=C(Nc1ccc(-n2c(=O)[nH]c3ccc(C(F)(F)F)cc3c2=O)nc1)NS(=O)(=O)c1ccc(Cl)s1. The molecule has 0 bridgehead atoms. The third-order valence-corrected chi connectivity index (χ3v) is 7.55. The summed E-state index contributed by atoms with van der Waals surface area (Å²) in [6.45, 7) is 0. The molecule has 1 aromatic carbocycles. The summed E-state index contributed by atoms with van der Waals surface area (Å²) in [5, 5.41) is 1.83. The highest BCUT2D eigenvalue weighted by Crippen LogP contribution is 2.30. The molecule has 0 radical (unpaired) electrons. The van der Waals surface area contributed by atoms with Crippen LogP contribution in [-0.2, 0) is 16.2 Å². The average Bonchev–Trinajstić information content (AvgIpc) is 3.21. The molecule has 182 valence electrons. The number of halogens is 4. The third kappa shape index (κ3) is 5.06. The summed E-state index contributed by atoms with van der Waals surface area (Å²) in [6, 6.07) is 6.12. The Kier molecular flexibility index (Phi) is 6.16. The number of nitrogens with zero attached hydrogens (tertiary/aromatic N) is 2. The van der Waals surface area contributed by atoms with Gasteiger partial charge in [0, 0.05) is 0 Å². The third-order valence-electron chi connectivity index (χ3n) is 4.50. The van der Waals surface area contributed by atoms with Crippen molar-refractivity contribution in [1.29, 1.82) is 0 Å². The predicted octanol–water partition coefficient (Wildman–Crippen LogP) is 3.32. The van der Waals surface area contributed by atoms with Crippen LogP contribution in [0.15, 0.2) is 62.5 Å². The van der Waals surface area contributed by atoms with Crippen molar-refractivity contribution in [3.05, 3.63) is 79.4 Å². The average molecular weight is 546 g/mol. The van der Waals surface area contributed by atoms with Gasteiger partial charge in [-0.2, -0.15) is 13.2 Å². The van der Waals surface area contributed by atoms with Crippen molar-refractivity contribution >= 4 is 55.6 Å². The number of alkyl halides is 3. The van der Waals surface area contributed by atoms with Crippen molar-refractivity contribution in [3.63, 3.8) is 0 Å². The number of anilines is 1. The minimum atomic E-state index is -4.70. The molecule has 0 aliphatic rings. The normalized spacial score (nSPS) is 12.0. The maximum absolute atomic E-state index is 13.0. The Bertz CT molecular complexity index is 1680. The van der Waals surface area contributed by atoms with Crippen molar-refractivity contribution in [2.75, 3.05) is 5.32 Å². The number of benzene rings is 1. The number of aromatic nitrogens is 3. The highest BCUT2D eigenvalue weighted by molar-refractivity contribution is 7.92. The second-order valence-electron chi connectivity index (χ2n) is 6.85. The number of hydrogen-bond donors (Lipinski definition) is 3. The van der Waals surface area contributed by atoms with Crippen LogP contribution in [0.4, 0.5) is 23.7 Å². The van der Waals surface area contributed by atoms with Gasteiger partial charge in [0.15, 0.2) is 0 Å². The molecular weight excluding hydrogens is 535 g/mol. The largest absolute Gasteiger partial charge is 0.416 e. The molecular formula is C19H11ClF3N5O5S2. The van der Waals surface area contributed by atoms with Crippen molar-refractivity contribution < 1.29 is 26.4 Å². The standard InChI is InChI=1S/C19H11ClF3N5O5S2/c20-13-4-6-15(34-13)35(32,33)27-17(30)25-10-2-5-14(24-8-10)28-16(29)11-7-9(19(21,22)23)1-3-12(11)26-18(28)31/h1-8H,(H,26,31)(H2,25,27,30). The molecule has 0 aliphatic carbocycles. The first kappa shape index (κ1) is 24.4. The number of rotatable bonds is 4. The molecule has 10 nitrogen and oxygen atoms in total. The Hall–Kier alpha value is -3.69. The van der Waals surface area contributed by atoms with E-state index in [2.05, 4.69) is 15.3 Å². The van der Waals surface area contributed by atoms with Crippen molar-refractivity contribution in [3.8, 4) is 5.82 Å². The van der Waals surface area contributed by atoms with Crippen LogP contribution >= 0.6 is 22.9 Å². The number of hydrogen-bond acceptors (Lipinski definition) is 7. The topological polar surface area (TPSA) is 143 Å². The lowest BCUT2D eigenvalue weighted by atomic mass is 10.1. The van der Waals surface area contributed by atoms with E-state index in [9.17, 15) is 36.0 Å². The minimum Gasteiger partial charge on any atom is -0.306 e. The zero-order valence-corrected chi connectivity index (χ0v) is 19.3. The Morgan fingerprint density at radius 1 is 1.11 bits per heavy atom. The number of fused-ring (bicyclic) bond motifs is 1. The van der Waals surface area contributed by atoms with Crippen molar-refractivity contribution in [2.45, 2.75) is 10.4 Å². The Morgan fingerprint density at radius 3 is 2.46 bits per heavy atom. The number of amides is 2. The van der Waals surface area contributed by atoms with E-state index in [-0.39, 0.29) is 31.0 Å². The fourth-order valence-electron chi connectivity index (χ4n) is 2.96. The Morgan fingerprint density at radius 2 is 1.86 bits per heavy atom. The number of thiophene rings is 1. The first-order chi connectivity index (χ1) is 16.3. The van der Waals surface area contributed by atoms with Gasteiger partial charge < -0.3 is 10.3 Å². The van der Waals surface area contributed by atoms with E-state index in [0.717, 1.165) is 35.7 Å². The second-order valence-corrected chi connectivity index (χ2v) is 10.5. The molecule has 4 aromatic rings. The van der Waals surface area contributed by atoms with E-state index in [1.54, 1.807) is 4.72 Å². The zero-order valence-electron chi connectivity index (χ0n) is 16.9. The summed E-state index contributed by atoms with van der Waals surface area (Å²) in [7, 11) is -4.18. The molecule has 16 heteroatoms. The summed E-state index contributed by atoms with van der Waals surface area (Å²) < 4.78 is 65.7. The summed E-state index contributed by atoms with van der Waals surface area (Å²) in [5.74, 6) is -0.248. The van der Waals surface area contributed by atoms with Crippen LogP contribution in [-0.4, -0.2) is 29.0 Å². The number of pyridine rings is 1. The van der Waals surface area contributed by atoms with Gasteiger partial charge in [-0.25, -0.2) is 32.3 Å². The van der Waals surface area contributed by atoms with Crippen molar-refractivity contribution in [2.24, 2.45) is 0 Å². The van der Waals surface area contributed by atoms with Gasteiger partial charge in [0.05, 0.1) is 32.7 Å². The van der Waals surface area contributed by atoms with Crippen molar-refractivity contribution in [1.82, 2.24) is 19.3 Å². The summed E-state index contributed by atoms with van der Waals surface area (Å²) in [4.78, 5) is 43.4. The molecule has 0 atom stereocenters. The quantitative estimate of drug-likeness (QED) is 0.359. The number of aromatic amines is 1. The minimum absolute atomic E-state index is 0.00436. The maximum Gasteiger partial charge on any atom is 0.416 e. The zero-order chi connectivity index (χ0) is 25.5. The first-order valence-electron chi connectivity index (χ1n) is 9.27. The van der Waals surface area contributed by atoms with Gasteiger partial charge >= 0.3 is 17.9 Å². The highest BCUT2D eigenvalue weighted by atomic mass is 35.5. The van der Waals surface area contributed by atoms with E-state index in [1.165, 1.54) is 18.2 Å². The molecule has 2 amide bonds. The van der Waals surface area contributed by atoms with Gasteiger partial charge in [0.1, 0.15) is 10.0 Å². The lowest BCUT2D eigenvalue weighted by molar-refractivity contribution is -0.137. The van der Waals surface area contributed by atoms with E-state index in [4.69, 9.17) is 11.6 Å². The smallest absolute Gasteiger partial charge is 0.306 e. The molecule has 0 aliphatic heterocycles. The van der Waals surface area contributed by atoms with Crippen LogP contribution in [0.2, 0.25) is 4.34 Å². The predicted molar refractivity (Wildman–Crippen MR) is 122 cm³/mol. The van der Waals surface area contributed by atoms with E-state index in [0.29, 0.717) is 10.6 Å². The monoisotopic (exact) mass is 545 g/mol. The van der Waals surface area contributed by atoms with Crippen LogP contribution in [0.3, 0.4) is 0 Å².